The molecule has 0 spiro atoms. The molecule has 0 aromatic heterocycles. The fourth-order valence-electron chi connectivity index (χ4n) is 1.58. The highest BCUT2D eigenvalue weighted by Gasteiger charge is 2.13. The molecule has 0 amide bonds. The van der Waals surface area contributed by atoms with Crippen molar-refractivity contribution < 1.29 is 0 Å². The molecule has 1 aliphatic rings. The molecule has 1 aliphatic carbocycles. The van der Waals surface area contributed by atoms with Crippen LogP contribution in [-0.4, -0.2) is 4.99 Å². The molecule has 0 saturated heterocycles. The lowest BCUT2D eigenvalue weighted by molar-refractivity contribution is 0.549. The van der Waals surface area contributed by atoms with Gasteiger partial charge in [0.15, 0.2) is 0 Å². The van der Waals surface area contributed by atoms with Crippen LogP contribution in [0, 0.1) is 20.8 Å². The van der Waals surface area contributed by atoms with Crippen LogP contribution in [0.2, 0.25) is 0 Å². The lowest BCUT2D eigenvalue weighted by atomic mass is 9.91. The Morgan fingerprint density at radius 2 is 1.31 bits per heavy atom. The van der Waals surface area contributed by atoms with E-state index in [0.29, 0.717) is 4.99 Å². The minimum absolute atomic E-state index is 0. The second-order valence-corrected chi connectivity index (χ2v) is 3.68. The average Bonchev–Trinajstić information content (AvgIpc) is 1.84. The zero-order valence-electron chi connectivity index (χ0n) is 8.35. The smallest absolute Gasteiger partial charge is 0.0799 e. The van der Waals surface area contributed by atoms with Crippen molar-refractivity contribution in [1.82, 2.24) is 0 Å². The summed E-state index contributed by atoms with van der Waals surface area (Å²) in [6.45, 7) is 0. The molecule has 1 nitrogen and oxygen atoms in total. The van der Waals surface area contributed by atoms with E-state index in [0.717, 1.165) is 12.8 Å². The summed E-state index contributed by atoms with van der Waals surface area (Å²) in [6, 6.07) is 0. The van der Waals surface area contributed by atoms with E-state index in [1.165, 1.54) is 38.0 Å². The molecule has 2 heteroatoms. The Balaban J connectivity index is 0. The Morgan fingerprint density at radius 3 is 1.69 bits per heavy atom. The van der Waals surface area contributed by atoms with E-state index in [2.05, 4.69) is 0 Å². The molecule has 0 bridgehead atoms. The first kappa shape index (κ1) is 15.4. The first-order chi connectivity index (χ1) is 5.30. The van der Waals surface area contributed by atoms with Gasteiger partial charge in [-0.15, -0.1) is 0 Å². The maximum atomic E-state index is 5.58. The number of hydrogen-bond acceptors (Lipinski definition) is 1. The largest absolute Gasteiger partial charge is 0.393 e. The molecular formula is C11H20NS. The SMILES string of the molecule is NC(=S)[C]1CCCCCCC1.[CH2].[CH2]. The normalized spacial score (nSPS) is 18.8. The fraction of sp³-hybridized carbons (Fsp3) is 0.636. The second-order valence-electron chi connectivity index (χ2n) is 3.24. The second kappa shape index (κ2) is 8.49. The van der Waals surface area contributed by atoms with Gasteiger partial charge in [0.05, 0.1) is 4.99 Å². The minimum atomic E-state index is 0. The Hall–Kier alpha value is -0.110. The van der Waals surface area contributed by atoms with Gasteiger partial charge in [0.1, 0.15) is 0 Å². The van der Waals surface area contributed by atoms with Crippen molar-refractivity contribution in [2.45, 2.75) is 44.9 Å². The van der Waals surface area contributed by atoms with Crippen molar-refractivity contribution in [1.29, 1.82) is 0 Å². The van der Waals surface area contributed by atoms with E-state index in [4.69, 9.17) is 18.0 Å². The summed E-state index contributed by atoms with van der Waals surface area (Å²) in [5.41, 5.74) is 5.58. The van der Waals surface area contributed by atoms with E-state index in [9.17, 15) is 0 Å². The van der Waals surface area contributed by atoms with E-state index in [1.807, 2.05) is 0 Å². The van der Waals surface area contributed by atoms with Crippen LogP contribution in [0.5, 0.6) is 0 Å². The molecule has 1 fully saturated rings. The molecule has 0 atom stereocenters. The van der Waals surface area contributed by atoms with Crippen LogP contribution in [0.25, 0.3) is 0 Å². The lowest BCUT2D eigenvalue weighted by Gasteiger charge is -2.16. The quantitative estimate of drug-likeness (QED) is 0.655. The standard InChI is InChI=1S/C9H16NS.2CH2/c10-9(11)8-6-4-2-1-3-5-7-8;;/h1-7H2,(H2,10,11);2*1H2. The summed E-state index contributed by atoms with van der Waals surface area (Å²) in [5, 5.41) is 0. The maximum absolute atomic E-state index is 5.58. The van der Waals surface area contributed by atoms with Gasteiger partial charge in [-0.2, -0.15) is 0 Å². The molecular weight excluding hydrogens is 178 g/mol. The molecule has 0 aromatic rings. The van der Waals surface area contributed by atoms with Gasteiger partial charge in [-0.05, 0) is 12.8 Å². The monoisotopic (exact) mass is 198 g/mol. The van der Waals surface area contributed by atoms with E-state index >= 15 is 0 Å². The van der Waals surface area contributed by atoms with Crippen LogP contribution in [-0.2, 0) is 0 Å². The van der Waals surface area contributed by atoms with Gasteiger partial charge in [-0.3, -0.25) is 0 Å². The highest BCUT2D eigenvalue weighted by molar-refractivity contribution is 7.80. The minimum Gasteiger partial charge on any atom is -0.393 e. The van der Waals surface area contributed by atoms with E-state index in [-0.39, 0.29) is 14.9 Å². The predicted molar refractivity (Wildman–Crippen MR) is 63.1 cm³/mol. The highest BCUT2D eigenvalue weighted by atomic mass is 32.1. The third kappa shape index (κ3) is 6.03. The number of hydrogen-bond donors (Lipinski definition) is 1. The van der Waals surface area contributed by atoms with Gasteiger partial charge in [0.2, 0.25) is 0 Å². The Morgan fingerprint density at radius 1 is 0.923 bits per heavy atom. The zero-order valence-corrected chi connectivity index (χ0v) is 9.17. The van der Waals surface area contributed by atoms with Crippen LogP contribution in [0.1, 0.15) is 44.9 Å². The summed E-state index contributed by atoms with van der Waals surface area (Å²) in [6.07, 6.45) is 8.97. The average molecular weight is 198 g/mol. The summed E-state index contributed by atoms with van der Waals surface area (Å²) in [7, 11) is 0. The molecule has 13 heavy (non-hydrogen) atoms. The summed E-state index contributed by atoms with van der Waals surface area (Å²) >= 11 is 4.96. The molecule has 1 rings (SSSR count). The van der Waals surface area contributed by atoms with Gasteiger partial charge in [0.25, 0.3) is 0 Å². The van der Waals surface area contributed by atoms with Gasteiger partial charge < -0.3 is 5.73 Å². The summed E-state index contributed by atoms with van der Waals surface area (Å²) in [5.74, 6) is 1.33. The van der Waals surface area contributed by atoms with Crippen LogP contribution < -0.4 is 5.73 Å². The molecule has 75 valence electrons. The molecule has 5 radical (unpaired) electrons. The number of nitrogens with two attached hydrogens (primary N) is 1. The van der Waals surface area contributed by atoms with Crippen molar-refractivity contribution in [3.8, 4) is 0 Å². The zero-order chi connectivity index (χ0) is 8.10. The Kier molecular flexibility index (Phi) is 10.0. The van der Waals surface area contributed by atoms with Crippen LogP contribution in [0.4, 0.5) is 0 Å². The third-order valence-corrected chi connectivity index (χ3v) is 2.59. The first-order valence-electron chi connectivity index (χ1n) is 4.45. The first-order valence-corrected chi connectivity index (χ1v) is 4.86. The van der Waals surface area contributed by atoms with Crippen molar-refractivity contribution in [3.05, 3.63) is 20.8 Å². The highest BCUT2D eigenvalue weighted by Crippen LogP contribution is 2.23. The number of rotatable bonds is 1. The summed E-state index contributed by atoms with van der Waals surface area (Å²) in [4.78, 5) is 0.659. The van der Waals surface area contributed by atoms with Crippen LogP contribution in [0.3, 0.4) is 0 Å². The molecule has 0 heterocycles. The van der Waals surface area contributed by atoms with Gasteiger partial charge >= 0.3 is 0 Å². The summed E-state index contributed by atoms with van der Waals surface area (Å²) < 4.78 is 0. The van der Waals surface area contributed by atoms with Crippen LogP contribution >= 0.6 is 12.2 Å². The van der Waals surface area contributed by atoms with Crippen molar-refractivity contribution in [2.24, 2.45) is 5.73 Å². The number of thiocarbonyl (C=S) groups is 1. The molecule has 0 aliphatic heterocycles. The predicted octanol–water partition coefficient (Wildman–Crippen LogP) is 3.25. The van der Waals surface area contributed by atoms with Gasteiger partial charge in [-0.1, -0.05) is 59.2 Å². The Bertz CT molecular complexity index is 126. The maximum Gasteiger partial charge on any atom is 0.0799 e. The van der Waals surface area contributed by atoms with Crippen molar-refractivity contribution >= 4 is 17.2 Å². The van der Waals surface area contributed by atoms with Crippen LogP contribution in [0.15, 0.2) is 0 Å². The fourth-order valence-corrected chi connectivity index (χ4v) is 1.78. The Labute approximate surface area is 89.1 Å². The van der Waals surface area contributed by atoms with Crippen molar-refractivity contribution in [2.75, 3.05) is 0 Å². The van der Waals surface area contributed by atoms with E-state index < -0.39 is 0 Å². The molecule has 0 unspecified atom stereocenters. The lowest BCUT2D eigenvalue weighted by Crippen LogP contribution is -2.19. The third-order valence-electron chi connectivity index (χ3n) is 2.31. The molecule has 1 saturated carbocycles. The van der Waals surface area contributed by atoms with E-state index in [1.54, 1.807) is 0 Å². The van der Waals surface area contributed by atoms with Gasteiger partial charge in [0, 0.05) is 5.92 Å². The molecule has 0 aromatic carbocycles. The van der Waals surface area contributed by atoms with Crippen molar-refractivity contribution in [3.63, 3.8) is 0 Å². The molecule has 2 N–H and O–H groups in total. The van der Waals surface area contributed by atoms with Gasteiger partial charge in [-0.25, -0.2) is 0 Å². The topological polar surface area (TPSA) is 26.0 Å².